The van der Waals surface area contributed by atoms with Crippen LogP contribution >= 0.6 is 11.8 Å². The topological polar surface area (TPSA) is 66.9 Å². The molecule has 1 aromatic rings. The number of amides is 3. The molecule has 25 heavy (non-hydrogen) atoms. The number of rotatable bonds is 6. The van der Waals surface area contributed by atoms with Gasteiger partial charge in [-0.3, -0.25) is 19.3 Å². The molecule has 2 aliphatic rings. The normalized spacial score (nSPS) is 21.0. The van der Waals surface area contributed by atoms with E-state index in [0.717, 1.165) is 11.3 Å². The first-order valence-electron chi connectivity index (χ1n) is 8.36. The lowest BCUT2D eigenvalue weighted by Crippen LogP contribution is -2.51. The van der Waals surface area contributed by atoms with E-state index in [4.69, 9.17) is 4.74 Å². The van der Waals surface area contributed by atoms with Gasteiger partial charge in [0.15, 0.2) is 0 Å². The van der Waals surface area contributed by atoms with Crippen LogP contribution in [0.2, 0.25) is 0 Å². The SMILES string of the molecule is COC1CCN(C(=O)C(CCSC)N2C(=O)c3ccccc3C2=O)C1. The standard InChI is InChI=1S/C18H22N2O4S/c1-24-12-7-9-19(11-12)18(23)15(8-10-25-2)20-16(21)13-5-3-4-6-14(13)17(20)22/h3-6,12,15H,7-11H2,1-2H3. The lowest BCUT2D eigenvalue weighted by atomic mass is 10.1. The average molecular weight is 362 g/mol. The van der Waals surface area contributed by atoms with Gasteiger partial charge in [-0.15, -0.1) is 0 Å². The minimum atomic E-state index is -0.754. The molecule has 0 aliphatic carbocycles. The number of ether oxygens (including phenoxy) is 1. The highest BCUT2D eigenvalue weighted by Gasteiger charge is 2.44. The van der Waals surface area contributed by atoms with E-state index in [9.17, 15) is 14.4 Å². The van der Waals surface area contributed by atoms with Crippen molar-refractivity contribution in [1.29, 1.82) is 0 Å². The van der Waals surface area contributed by atoms with Gasteiger partial charge in [0.25, 0.3) is 11.8 Å². The molecule has 0 bridgehead atoms. The molecule has 3 rings (SSSR count). The molecule has 7 heteroatoms. The third-order valence-electron chi connectivity index (χ3n) is 4.81. The van der Waals surface area contributed by atoms with Crippen LogP contribution in [0.3, 0.4) is 0 Å². The van der Waals surface area contributed by atoms with Crippen LogP contribution in [0.4, 0.5) is 0 Å². The van der Waals surface area contributed by atoms with E-state index in [2.05, 4.69) is 0 Å². The largest absolute Gasteiger partial charge is 0.380 e. The molecule has 0 radical (unpaired) electrons. The number of likely N-dealkylation sites (tertiary alicyclic amines) is 1. The lowest BCUT2D eigenvalue weighted by molar-refractivity contribution is -0.134. The number of benzene rings is 1. The molecular weight excluding hydrogens is 340 g/mol. The van der Waals surface area contributed by atoms with Crippen LogP contribution in [0.1, 0.15) is 33.6 Å². The maximum atomic E-state index is 13.1. The zero-order chi connectivity index (χ0) is 18.0. The number of imide groups is 1. The van der Waals surface area contributed by atoms with Crippen LogP contribution in [0.5, 0.6) is 0 Å². The van der Waals surface area contributed by atoms with E-state index in [-0.39, 0.29) is 23.8 Å². The zero-order valence-corrected chi connectivity index (χ0v) is 15.3. The van der Waals surface area contributed by atoms with Crippen molar-refractivity contribution in [2.75, 3.05) is 32.2 Å². The van der Waals surface area contributed by atoms with Gasteiger partial charge in [-0.05, 0) is 37.0 Å². The van der Waals surface area contributed by atoms with Crippen molar-refractivity contribution in [1.82, 2.24) is 9.80 Å². The molecule has 0 N–H and O–H groups in total. The lowest BCUT2D eigenvalue weighted by Gasteiger charge is -2.29. The van der Waals surface area contributed by atoms with Crippen LogP contribution in [0, 0.1) is 0 Å². The fraction of sp³-hybridized carbons (Fsp3) is 0.500. The summed E-state index contributed by atoms with van der Waals surface area (Å²) in [5, 5.41) is 0. The molecule has 134 valence electrons. The number of nitrogens with zero attached hydrogens (tertiary/aromatic N) is 2. The second kappa shape index (κ2) is 7.58. The minimum absolute atomic E-state index is 0.0207. The van der Waals surface area contributed by atoms with Gasteiger partial charge < -0.3 is 9.64 Å². The quantitative estimate of drug-likeness (QED) is 0.720. The Kier molecular flexibility index (Phi) is 5.44. The highest BCUT2D eigenvalue weighted by Crippen LogP contribution is 2.27. The summed E-state index contributed by atoms with van der Waals surface area (Å²) in [6, 6.07) is 5.99. The summed E-state index contributed by atoms with van der Waals surface area (Å²) in [7, 11) is 1.63. The molecule has 2 unspecified atom stereocenters. The van der Waals surface area contributed by atoms with Gasteiger partial charge in [0, 0.05) is 20.2 Å². The molecule has 2 aliphatic heterocycles. The number of thioether (sulfide) groups is 1. The second-order valence-electron chi connectivity index (χ2n) is 6.25. The Morgan fingerprint density at radius 2 is 1.92 bits per heavy atom. The Labute approximate surface area is 151 Å². The van der Waals surface area contributed by atoms with E-state index in [1.807, 2.05) is 6.26 Å². The Hall–Kier alpha value is -1.86. The summed E-state index contributed by atoms with van der Waals surface area (Å²) in [5.41, 5.74) is 0.760. The summed E-state index contributed by atoms with van der Waals surface area (Å²) in [5.74, 6) is -0.209. The Bertz CT molecular complexity index is 658. The smallest absolute Gasteiger partial charge is 0.262 e. The minimum Gasteiger partial charge on any atom is -0.380 e. The van der Waals surface area contributed by atoms with E-state index in [0.29, 0.717) is 36.4 Å². The van der Waals surface area contributed by atoms with Gasteiger partial charge in [-0.25, -0.2) is 0 Å². The van der Waals surface area contributed by atoms with Crippen molar-refractivity contribution in [3.05, 3.63) is 35.4 Å². The molecule has 1 saturated heterocycles. The van der Waals surface area contributed by atoms with Gasteiger partial charge in [-0.2, -0.15) is 11.8 Å². The Morgan fingerprint density at radius 1 is 1.28 bits per heavy atom. The molecule has 0 spiro atoms. The summed E-state index contributed by atoms with van der Waals surface area (Å²) in [6.45, 7) is 1.10. The van der Waals surface area contributed by atoms with Gasteiger partial charge in [-0.1, -0.05) is 12.1 Å². The zero-order valence-electron chi connectivity index (χ0n) is 14.4. The number of fused-ring (bicyclic) bond motifs is 1. The predicted molar refractivity (Wildman–Crippen MR) is 95.7 cm³/mol. The predicted octanol–water partition coefficient (Wildman–Crippen LogP) is 1.65. The van der Waals surface area contributed by atoms with Crippen LogP contribution in [0.25, 0.3) is 0 Å². The Morgan fingerprint density at radius 3 is 2.44 bits per heavy atom. The summed E-state index contributed by atoms with van der Waals surface area (Å²) < 4.78 is 5.33. The van der Waals surface area contributed by atoms with Crippen molar-refractivity contribution in [2.45, 2.75) is 25.0 Å². The average Bonchev–Trinajstić information content (AvgIpc) is 3.21. The molecule has 2 heterocycles. The van der Waals surface area contributed by atoms with Crippen molar-refractivity contribution >= 4 is 29.5 Å². The fourth-order valence-corrected chi connectivity index (χ4v) is 3.87. The van der Waals surface area contributed by atoms with E-state index in [1.54, 1.807) is 48.0 Å². The molecular formula is C18H22N2O4S. The number of hydrogen-bond acceptors (Lipinski definition) is 5. The van der Waals surface area contributed by atoms with Crippen LogP contribution in [0.15, 0.2) is 24.3 Å². The van der Waals surface area contributed by atoms with Gasteiger partial charge in [0.1, 0.15) is 6.04 Å². The maximum Gasteiger partial charge on any atom is 0.262 e. The van der Waals surface area contributed by atoms with Crippen molar-refractivity contribution in [3.63, 3.8) is 0 Å². The summed E-state index contributed by atoms with van der Waals surface area (Å²) >= 11 is 1.60. The Balaban J connectivity index is 1.85. The number of hydrogen-bond donors (Lipinski definition) is 0. The number of methoxy groups -OCH3 is 1. The maximum absolute atomic E-state index is 13.1. The molecule has 1 aromatic carbocycles. The fourth-order valence-electron chi connectivity index (χ4n) is 3.41. The molecule has 1 fully saturated rings. The summed E-state index contributed by atoms with van der Waals surface area (Å²) in [4.78, 5) is 41.4. The van der Waals surface area contributed by atoms with Crippen molar-refractivity contribution in [2.24, 2.45) is 0 Å². The highest BCUT2D eigenvalue weighted by molar-refractivity contribution is 7.98. The third-order valence-corrected chi connectivity index (χ3v) is 5.45. The molecule has 0 saturated carbocycles. The first-order valence-corrected chi connectivity index (χ1v) is 9.75. The third kappa shape index (κ3) is 3.30. The second-order valence-corrected chi connectivity index (χ2v) is 7.24. The molecule has 6 nitrogen and oxygen atoms in total. The van der Waals surface area contributed by atoms with Crippen LogP contribution in [-0.2, 0) is 9.53 Å². The highest BCUT2D eigenvalue weighted by atomic mass is 32.2. The molecule has 2 atom stereocenters. The number of carbonyl (C=O) groups is 3. The van der Waals surface area contributed by atoms with Crippen LogP contribution in [-0.4, -0.2) is 71.9 Å². The van der Waals surface area contributed by atoms with E-state index in [1.165, 1.54) is 0 Å². The first kappa shape index (κ1) is 17.9. The van der Waals surface area contributed by atoms with E-state index >= 15 is 0 Å². The van der Waals surface area contributed by atoms with Crippen molar-refractivity contribution in [3.8, 4) is 0 Å². The van der Waals surface area contributed by atoms with E-state index < -0.39 is 6.04 Å². The first-order chi connectivity index (χ1) is 12.1. The van der Waals surface area contributed by atoms with Gasteiger partial charge in [0.05, 0.1) is 17.2 Å². The number of carbonyl (C=O) groups excluding carboxylic acids is 3. The van der Waals surface area contributed by atoms with Gasteiger partial charge >= 0.3 is 0 Å². The monoisotopic (exact) mass is 362 g/mol. The molecule has 3 amide bonds. The van der Waals surface area contributed by atoms with Crippen molar-refractivity contribution < 1.29 is 19.1 Å². The van der Waals surface area contributed by atoms with Crippen LogP contribution < -0.4 is 0 Å². The van der Waals surface area contributed by atoms with Gasteiger partial charge in [0.2, 0.25) is 5.91 Å². The summed E-state index contributed by atoms with van der Waals surface area (Å²) in [6.07, 6.45) is 3.20. The molecule has 0 aromatic heterocycles.